The number of aliphatic hydroxyl groups excluding tert-OH is 1. The van der Waals surface area contributed by atoms with E-state index in [9.17, 15) is 33.6 Å². The summed E-state index contributed by atoms with van der Waals surface area (Å²) >= 11 is 0. The Balaban J connectivity index is 1.68. The number of fused-ring (bicyclic) bond motifs is 3. The summed E-state index contributed by atoms with van der Waals surface area (Å²) in [5.74, 6) is -4.16. The molecule has 0 radical (unpaired) electrons. The van der Waals surface area contributed by atoms with Crippen molar-refractivity contribution in [3.05, 3.63) is 47.6 Å². The van der Waals surface area contributed by atoms with Crippen LogP contribution in [-0.2, 0) is 56.7 Å². The molecule has 3 fully saturated rings. The van der Waals surface area contributed by atoms with E-state index < -0.39 is 67.3 Å². The lowest BCUT2D eigenvalue weighted by Gasteiger charge is -2.39. The molecule has 1 aliphatic carbocycles. The number of methoxy groups -OCH3 is 3. The Labute approximate surface area is 406 Å². The van der Waals surface area contributed by atoms with Gasteiger partial charge >= 0.3 is 5.97 Å². The van der Waals surface area contributed by atoms with Crippen LogP contribution < -0.4 is 0 Å². The Morgan fingerprint density at radius 3 is 2.22 bits per heavy atom. The molecule has 4 rings (SSSR count). The zero-order valence-electron chi connectivity index (χ0n) is 43.1. The zero-order valence-corrected chi connectivity index (χ0v) is 44.0. The average molecular weight is 974 g/mol. The molecule has 4 aliphatic rings. The van der Waals surface area contributed by atoms with Gasteiger partial charge in [0.15, 0.2) is 13.2 Å². The minimum Gasteiger partial charge on any atom is -0.460 e. The molecule has 0 spiro atoms. The van der Waals surface area contributed by atoms with Crippen LogP contribution in [0.3, 0.4) is 0 Å². The fourth-order valence-electron chi connectivity index (χ4n) is 10.5. The van der Waals surface area contributed by atoms with Crippen LogP contribution >= 0.6 is 7.37 Å². The van der Waals surface area contributed by atoms with Gasteiger partial charge in [-0.25, -0.2) is 4.79 Å². The second-order valence-corrected chi connectivity index (χ2v) is 23.5. The van der Waals surface area contributed by atoms with Crippen molar-refractivity contribution in [2.45, 2.75) is 180 Å². The zero-order chi connectivity index (χ0) is 50.5. The van der Waals surface area contributed by atoms with E-state index in [1.54, 1.807) is 47.5 Å². The van der Waals surface area contributed by atoms with Gasteiger partial charge in [0.2, 0.25) is 5.78 Å². The van der Waals surface area contributed by atoms with E-state index in [1.807, 2.05) is 65.0 Å². The predicted octanol–water partition coefficient (Wildman–Crippen LogP) is 8.42. The van der Waals surface area contributed by atoms with Gasteiger partial charge in [0.05, 0.1) is 24.4 Å². The molecule has 1 N–H and O–H groups in total. The maximum Gasteiger partial charge on any atom is 0.329 e. The van der Waals surface area contributed by atoms with E-state index >= 15 is 0 Å². The number of hydrogen-bond donors (Lipinski definition) is 1. The van der Waals surface area contributed by atoms with Crippen molar-refractivity contribution >= 4 is 36.6 Å². The summed E-state index contributed by atoms with van der Waals surface area (Å²) in [5.41, 5.74) is 1.36. The molecule has 0 aromatic heterocycles. The number of carbonyl (C=O) groups is 5. The van der Waals surface area contributed by atoms with Gasteiger partial charge in [0.1, 0.15) is 36.2 Å². The first-order chi connectivity index (χ1) is 32.1. The number of ether oxygens (including phenoxy) is 5. The van der Waals surface area contributed by atoms with Gasteiger partial charge in [-0.3, -0.25) is 23.7 Å². The molecule has 14 nitrogen and oxygen atoms in total. The number of amides is 1. The molecule has 2 bridgehead atoms. The third-order valence-electron chi connectivity index (χ3n) is 14.7. The predicted molar refractivity (Wildman–Crippen MR) is 262 cm³/mol. The van der Waals surface area contributed by atoms with Gasteiger partial charge in [0.25, 0.3) is 5.91 Å². The number of cyclic esters (lactones) is 1. The highest BCUT2D eigenvalue weighted by molar-refractivity contribution is 7.57. The Hall–Kier alpha value is -3.10. The highest BCUT2D eigenvalue weighted by atomic mass is 31.2. The van der Waals surface area contributed by atoms with Crippen molar-refractivity contribution < 1.29 is 61.9 Å². The quantitative estimate of drug-likeness (QED) is 0.106. The smallest absolute Gasteiger partial charge is 0.329 e. The van der Waals surface area contributed by atoms with E-state index in [-0.39, 0.29) is 72.6 Å². The van der Waals surface area contributed by atoms with Crippen molar-refractivity contribution in [2.24, 2.45) is 35.5 Å². The minimum absolute atomic E-state index is 0.0387. The molecule has 1 saturated carbocycles. The molecular weight excluding hydrogens is 890 g/mol. The number of allylic oxidation sites excluding steroid dienone is 6. The molecule has 3 heterocycles. The first-order valence-electron chi connectivity index (χ1n) is 25.1. The van der Waals surface area contributed by atoms with E-state index in [2.05, 4.69) is 0 Å². The SMILES string of the molecule is CO[C@H]1C[C@@H]2CC[C@@H](C)C(O2)C(=O)C(=O)N2CCCCC2C(=O)O[C@H]([C@H](C)CC2CC[C@@H](OP(C)(C)=O)[C@H](OC)C2)CC(=O)[C@H](C)/C=C(\C)C(O)[C@@H](OC)C(=O)[C@H](C)C[C@H](C)/C=C/C=C/C=C/1C. The molecule has 384 valence electrons. The highest BCUT2D eigenvalue weighted by Crippen LogP contribution is 2.44. The van der Waals surface area contributed by atoms with E-state index in [1.165, 1.54) is 12.0 Å². The monoisotopic (exact) mass is 974 g/mol. The van der Waals surface area contributed by atoms with Crippen LogP contribution in [0.5, 0.6) is 0 Å². The van der Waals surface area contributed by atoms with Crippen LogP contribution in [0.4, 0.5) is 0 Å². The van der Waals surface area contributed by atoms with E-state index in [0.717, 1.165) is 12.0 Å². The number of esters is 1. The van der Waals surface area contributed by atoms with Crippen LogP contribution in [0, 0.1) is 35.5 Å². The summed E-state index contributed by atoms with van der Waals surface area (Å²) in [5, 5.41) is 11.5. The lowest BCUT2D eigenvalue weighted by Crippen LogP contribution is -2.55. The van der Waals surface area contributed by atoms with Crippen molar-refractivity contribution in [2.75, 3.05) is 41.2 Å². The molecular formula is C53H84NO13P. The molecule has 1 amide bonds. The average Bonchev–Trinajstić information content (AvgIpc) is 3.29. The topological polar surface area (TPSA) is 181 Å². The van der Waals surface area contributed by atoms with E-state index in [4.69, 9.17) is 28.2 Å². The van der Waals surface area contributed by atoms with Gasteiger partial charge in [0, 0.05) is 65.9 Å². The molecule has 4 unspecified atom stereocenters. The first kappa shape index (κ1) is 57.5. The minimum atomic E-state index is -2.77. The third kappa shape index (κ3) is 16.5. The maximum absolute atomic E-state index is 14.5. The largest absolute Gasteiger partial charge is 0.460 e. The Kier molecular flexibility index (Phi) is 22.8. The molecule has 3 aliphatic heterocycles. The number of carbonyl (C=O) groups excluding carboxylic acids is 5. The number of nitrogens with zero attached hydrogens (tertiary/aromatic N) is 1. The number of hydrogen-bond acceptors (Lipinski definition) is 13. The Morgan fingerprint density at radius 2 is 1.56 bits per heavy atom. The van der Waals surface area contributed by atoms with Crippen LogP contribution in [0.15, 0.2) is 47.6 Å². The fraction of sp³-hybridized carbons (Fsp3) is 0.755. The molecule has 0 aromatic carbocycles. The van der Waals surface area contributed by atoms with Gasteiger partial charge in [-0.05, 0) is 113 Å². The normalized spacial score (nSPS) is 38.3. The second kappa shape index (κ2) is 26.9. The third-order valence-corrected chi connectivity index (χ3v) is 15.4. The summed E-state index contributed by atoms with van der Waals surface area (Å²) in [6.07, 6.45) is 12.2. The van der Waals surface area contributed by atoms with Crippen LogP contribution in [0.2, 0.25) is 0 Å². The number of piperidine rings is 1. The summed E-state index contributed by atoms with van der Waals surface area (Å²) in [7, 11) is 1.86. The van der Waals surface area contributed by atoms with Gasteiger partial charge < -0.3 is 38.2 Å². The Morgan fingerprint density at radius 1 is 0.838 bits per heavy atom. The summed E-state index contributed by atoms with van der Waals surface area (Å²) in [6, 6.07) is -1.03. The molecule has 2 saturated heterocycles. The van der Waals surface area contributed by atoms with Gasteiger partial charge in [-0.15, -0.1) is 0 Å². The standard InChI is InChI=1S/C53H84NO13P/c1-32-18-14-13-15-19-33(2)44(62-8)30-40-23-21-34(3)50(65-40)49(58)52(59)54-25-17-16-20-41(54)53(60)66-45(36(5)28-39-22-24-43(46(29-39)63-9)67-68(11,12)61)31-42(55)35(4)27-38(7)48(57)51(64-10)47(56)37(6)26-32/h13-15,18-19,27,32,34-37,39-41,43-46,48,50-51,57H,16-17,20-26,28-31H2,1-12H3/b15-13+,18-14+,33-19+,38-27+/t32-,34-,35-,36-,37-,39?,40+,41?,43-,44+,45+,46-,48?,50?,51+/m1/s1. The number of rotatable bonds is 8. The fourth-order valence-corrected chi connectivity index (χ4v) is 11.4. The van der Waals surface area contributed by atoms with Gasteiger partial charge in [-0.1, -0.05) is 71.1 Å². The maximum atomic E-state index is 14.5. The Bertz CT molecular complexity index is 1890. The molecule has 68 heavy (non-hydrogen) atoms. The van der Waals surface area contributed by atoms with Crippen molar-refractivity contribution in [3.63, 3.8) is 0 Å². The van der Waals surface area contributed by atoms with Gasteiger partial charge in [-0.2, -0.15) is 0 Å². The number of ketones is 3. The number of aliphatic hydroxyl groups is 1. The molecule has 15 heteroatoms. The lowest BCUT2D eigenvalue weighted by atomic mass is 9.78. The number of Topliss-reactive ketones (excluding diaryl/α,β-unsaturated/α-hetero) is 3. The molecule has 15 atom stereocenters. The van der Waals surface area contributed by atoms with E-state index in [0.29, 0.717) is 69.8 Å². The second-order valence-electron chi connectivity index (χ2n) is 20.8. The summed E-state index contributed by atoms with van der Waals surface area (Å²) in [4.78, 5) is 72.2. The van der Waals surface area contributed by atoms with Crippen molar-refractivity contribution in [1.82, 2.24) is 4.90 Å². The van der Waals surface area contributed by atoms with Crippen molar-refractivity contribution in [1.29, 1.82) is 0 Å². The summed E-state index contributed by atoms with van der Waals surface area (Å²) in [6.45, 7) is 16.4. The lowest BCUT2D eigenvalue weighted by molar-refractivity contribution is -0.170. The van der Waals surface area contributed by atoms with Crippen LogP contribution in [-0.4, -0.2) is 135 Å². The van der Waals surface area contributed by atoms with Crippen LogP contribution in [0.25, 0.3) is 0 Å². The molecule has 0 aromatic rings. The first-order valence-corrected chi connectivity index (χ1v) is 27.6. The highest BCUT2D eigenvalue weighted by Gasteiger charge is 2.44. The van der Waals surface area contributed by atoms with Crippen LogP contribution in [0.1, 0.15) is 126 Å². The summed E-state index contributed by atoms with van der Waals surface area (Å²) < 4.78 is 48.6. The van der Waals surface area contributed by atoms with Crippen molar-refractivity contribution in [3.8, 4) is 0 Å².